The Morgan fingerprint density at radius 3 is 2.25 bits per heavy atom. The van der Waals surface area contributed by atoms with E-state index in [0.717, 1.165) is 25.7 Å². The van der Waals surface area contributed by atoms with Crippen LogP contribution in [0.1, 0.15) is 45.4 Å². The van der Waals surface area contributed by atoms with E-state index < -0.39 is 11.9 Å². The summed E-state index contributed by atoms with van der Waals surface area (Å²) in [4.78, 5) is 23.4. The summed E-state index contributed by atoms with van der Waals surface area (Å²) in [6, 6.07) is 1.32. The summed E-state index contributed by atoms with van der Waals surface area (Å²) in [5.41, 5.74) is 0. The summed E-state index contributed by atoms with van der Waals surface area (Å²) in [6.45, 7) is 2.46. The average molecular weight is 416 g/mol. The summed E-state index contributed by atoms with van der Waals surface area (Å²) in [6.07, 6.45) is 3.82. The molecule has 0 spiro atoms. The number of ether oxygens (including phenoxy) is 2. The molecule has 0 saturated heterocycles. The second-order valence-corrected chi connectivity index (χ2v) is 6.62. The van der Waals surface area contributed by atoms with Gasteiger partial charge in [0.25, 0.3) is 0 Å². The van der Waals surface area contributed by atoms with E-state index in [1.54, 1.807) is 0 Å². The maximum absolute atomic E-state index is 11.8. The largest absolute Gasteiger partial charge is 0.466 e. The fraction of sp³-hybridized carbons (Fsp3) is 0.500. The van der Waals surface area contributed by atoms with Crippen LogP contribution in [0.5, 0.6) is 5.75 Å². The number of esters is 2. The van der Waals surface area contributed by atoms with Crippen molar-refractivity contribution in [3.05, 3.63) is 26.2 Å². The first-order chi connectivity index (χ1) is 11.4. The summed E-state index contributed by atoms with van der Waals surface area (Å²) >= 11 is 23.6. The summed E-state index contributed by atoms with van der Waals surface area (Å²) < 4.78 is 10.1. The van der Waals surface area contributed by atoms with Gasteiger partial charge in [-0.2, -0.15) is 0 Å². The van der Waals surface area contributed by atoms with Gasteiger partial charge in [0, 0.05) is 0 Å². The van der Waals surface area contributed by atoms with Crippen molar-refractivity contribution in [2.75, 3.05) is 6.61 Å². The molecule has 134 valence electrons. The normalized spacial score (nSPS) is 10.5. The number of hydrogen-bond donors (Lipinski definition) is 0. The van der Waals surface area contributed by atoms with E-state index in [-0.39, 0.29) is 38.7 Å². The lowest BCUT2D eigenvalue weighted by atomic mass is 10.2. The van der Waals surface area contributed by atoms with Gasteiger partial charge in [-0.3, -0.25) is 9.59 Å². The summed E-state index contributed by atoms with van der Waals surface area (Å²) in [5, 5.41) is 0.192. The van der Waals surface area contributed by atoms with E-state index in [0.29, 0.717) is 6.61 Å². The molecule has 24 heavy (non-hydrogen) atoms. The van der Waals surface area contributed by atoms with E-state index in [4.69, 9.17) is 55.9 Å². The number of halogens is 4. The molecule has 0 fully saturated rings. The van der Waals surface area contributed by atoms with Crippen molar-refractivity contribution >= 4 is 58.3 Å². The molecule has 0 saturated carbocycles. The number of hydrogen-bond acceptors (Lipinski definition) is 4. The van der Waals surface area contributed by atoms with E-state index in [2.05, 4.69) is 6.92 Å². The van der Waals surface area contributed by atoms with E-state index in [9.17, 15) is 9.59 Å². The molecule has 4 nitrogen and oxygen atoms in total. The van der Waals surface area contributed by atoms with Gasteiger partial charge in [-0.05, 0) is 12.5 Å². The van der Waals surface area contributed by atoms with Gasteiger partial charge in [-0.25, -0.2) is 0 Å². The highest BCUT2D eigenvalue weighted by molar-refractivity contribution is 6.50. The van der Waals surface area contributed by atoms with Crippen molar-refractivity contribution < 1.29 is 19.1 Å². The van der Waals surface area contributed by atoms with Crippen LogP contribution < -0.4 is 4.74 Å². The minimum Gasteiger partial charge on any atom is -0.466 e. The Bertz CT molecular complexity index is 590. The number of unbranched alkanes of at least 4 members (excludes halogenated alkanes) is 3. The van der Waals surface area contributed by atoms with Crippen molar-refractivity contribution in [2.24, 2.45) is 0 Å². The highest BCUT2D eigenvalue weighted by Crippen LogP contribution is 2.42. The third-order valence-electron chi connectivity index (χ3n) is 3.08. The molecular formula is C16H18Cl4O4. The quantitative estimate of drug-likeness (QED) is 0.160. The molecule has 0 heterocycles. The third kappa shape index (κ3) is 7.06. The molecule has 8 heteroatoms. The molecule has 0 radical (unpaired) electrons. The maximum atomic E-state index is 11.8. The third-order valence-corrected chi connectivity index (χ3v) is 4.61. The minimum atomic E-state index is -0.667. The zero-order valence-electron chi connectivity index (χ0n) is 13.2. The van der Waals surface area contributed by atoms with E-state index in [1.165, 1.54) is 6.07 Å². The molecule has 1 aromatic carbocycles. The Morgan fingerprint density at radius 2 is 1.58 bits per heavy atom. The van der Waals surface area contributed by atoms with Gasteiger partial charge in [0.2, 0.25) is 0 Å². The van der Waals surface area contributed by atoms with Crippen LogP contribution in [-0.2, 0) is 14.3 Å². The minimum absolute atomic E-state index is 0.0389. The predicted molar refractivity (Wildman–Crippen MR) is 96.5 cm³/mol. The van der Waals surface area contributed by atoms with Crippen LogP contribution in [0.2, 0.25) is 20.1 Å². The van der Waals surface area contributed by atoms with Crippen molar-refractivity contribution in [1.29, 1.82) is 0 Å². The van der Waals surface area contributed by atoms with Gasteiger partial charge in [-0.15, -0.1) is 0 Å². The lowest BCUT2D eigenvalue weighted by Crippen LogP contribution is -2.13. The highest BCUT2D eigenvalue weighted by Gasteiger charge is 2.18. The smallest absolute Gasteiger partial charge is 0.311 e. The first kappa shape index (κ1) is 21.4. The molecule has 0 aliphatic carbocycles. The molecule has 0 amide bonds. The standard InChI is InChI=1S/C16H18Cl4O4/c1-2-3-4-5-8-23-12(21)6-7-13(22)24-16-11(18)9-10(17)14(19)15(16)20/h9H,2-8H2,1H3. The van der Waals surface area contributed by atoms with Crippen LogP contribution in [0.3, 0.4) is 0 Å². The average Bonchev–Trinajstić information content (AvgIpc) is 2.54. The molecule has 0 unspecified atom stereocenters. The molecule has 1 aromatic rings. The van der Waals surface area contributed by atoms with Gasteiger partial charge in [-0.1, -0.05) is 72.6 Å². The van der Waals surface area contributed by atoms with Gasteiger partial charge < -0.3 is 9.47 Å². The fourth-order valence-corrected chi connectivity index (χ4v) is 2.78. The fourth-order valence-electron chi connectivity index (χ4n) is 1.80. The predicted octanol–water partition coefficient (Wildman–Crippen LogP) is 6.11. The van der Waals surface area contributed by atoms with Gasteiger partial charge in [0.1, 0.15) is 5.02 Å². The molecule has 0 aliphatic heterocycles. The number of benzene rings is 1. The van der Waals surface area contributed by atoms with Crippen molar-refractivity contribution in [2.45, 2.75) is 45.4 Å². The monoisotopic (exact) mass is 414 g/mol. The molecule has 1 rings (SSSR count). The van der Waals surface area contributed by atoms with Crippen molar-refractivity contribution in [3.63, 3.8) is 0 Å². The van der Waals surface area contributed by atoms with Crippen molar-refractivity contribution in [1.82, 2.24) is 0 Å². The Kier molecular flexibility index (Phi) is 9.82. The first-order valence-electron chi connectivity index (χ1n) is 7.56. The van der Waals surface area contributed by atoms with Crippen LogP contribution in [0.15, 0.2) is 6.07 Å². The second-order valence-electron chi connectivity index (χ2n) is 5.05. The maximum Gasteiger partial charge on any atom is 0.311 e. The topological polar surface area (TPSA) is 52.6 Å². The van der Waals surface area contributed by atoms with Gasteiger partial charge >= 0.3 is 11.9 Å². The first-order valence-corrected chi connectivity index (χ1v) is 9.07. The Morgan fingerprint density at radius 1 is 0.917 bits per heavy atom. The molecule has 0 bridgehead atoms. The van der Waals surface area contributed by atoms with Crippen LogP contribution in [0, 0.1) is 0 Å². The molecule has 0 atom stereocenters. The van der Waals surface area contributed by atoms with E-state index >= 15 is 0 Å². The van der Waals surface area contributed by atoms with Crippen LogP contribution in [0.25, 0.3) is 0 Å². The highest BCUT2D eigenvalue weighted by atomic mass is 35.5. The van der Waals surface area contributed by atoms with E-state index in [1.807, 2.05) is 0 Å². The molecule has 0 aliphatic rings. The van der Waals surface area contributed by atoms with Crippen molar-refractivity contribution in [3.8, 4) is 5.75 Å². The number of carbonyl (C=O) groups excluding carboxylic acids is 2. The lowest BCUT2D eigenvalue weighted by molar-refractivity contribution is -0.147. The molecule has 0 aromatic heterocycles. The molecule has 0 N–H and O–H groups in total. The van der Waals surface area contributed by atoms with Gasteiger partial charge in [0.05, 0.1) is 34.5 Å². The second kappa shape index (κ2) is 11.0. The molecular weight excluding hydrogens is 398 g/mol. The zero-order valence-corrected chi connectivity index (χ0v) is 16.2. The Hall–Kier alpha value is -0.680. The Labute approximate surface area is 161 Å². The van der Waals surface area contributed by atoms with Crippen LogP contribution in [-0.4, -0.2) is 18.5 Å². The zero-order chi connectivity index (χ0) is 18.1. The SMILES string of the molecule is CCCCCCOC(=O)CCC(=O)Oc1c(Cl)cc(Cl)c(Cl)c1Cl. The number of rotatable bonds is 9. The summed E-state index contributed by atoms with van der Waals surface area (Å²) in [5.74, 6) is -1.19. The lowest BCUT2D eigenvalue weighted by Gasteiger charge is -2.10. The Balaban J connectivity index is 2.42. The van der Waals surface area contributed by atoms with Gasteiger partial charge in [0.15, 0.2) is 5.75 Å². The van der Waals surface area contributed by atoms with Crippen LogP contribution >= 0.6 is 46.4 Å². The van der Waals surface area contributed by atoms with Crippen LogP contribution in [0.4, 0.5) is 0 Å². The summed E-state index contributed by atoms with van der Waals surface area (Å²) in [7, 11) is 0. The number of carbonyl (C=O) groups is 2.